The van der Waals surface area contributed by atoms with Crippen LogP contribution in [0.1, 0.15) is 43.2 Å². The molecule has 0 aromatic carbocycles. The van der Waals surface area contributed by atoms with Crippen molar-refractivity contribution in [1.29, 1.82) is 0 Å². The average Bonchev–Trinajstić information content (AvgIpc) is 2.96. The SMILES string of the molecule is CCCCc1noc([C@@H](N)Cc2cnc[nH]2)n1. The van der Waals surface area contributed by atoms with Crippen molar-refractivity contribution in [3.63, 3.8) is 0 Å². The summed E-state index contributed by atoms with van der Waals surface area (Å²) < 4.78 is 5.15. The molecule has 2 aromatic rings. The van der Waals surface area contributed by atoms with E-state index in [0.29, 0.717) is 12.3 Å². The summed E-state index contributed by atoms with van der Waals surface area (Å²) in [5, 5.41) is 3.91. The molecule has 3 N–H and O–H groups in total. The molecule has 2 aromatic heterocycles. The van der Waals surface area contributed by atoms with Gasteiger partial charge in [0.25, 0.3) is 0 Å². The van der Waals surface area contributed by atoms with Crippen LogP contribution >= 0.6 is 0 Å². The van der Waals surface area contributed by atoms with Crippen molar-refractivity contribution < 1.29 is 4.52 Å². The number of aromatic amines is 1. The third kappa shape index (κ3) is 3.13. The predicted octanol–water partition coefficient (Wildman–Crippen LogP) is 1.38. The van der Waals surface area contributed by atoms with Crippen molar-refractivity contribution in [2.45, 2.75) is 38.6 Å². The number of nitrogens with two attached hydrogens (primary N) is 1. The van der Waals surface area contributed by atoms with E-state index in [1.807, 2.05) is 0 Å². The first kappa shape index (κ1) is 11.8. The monoisotopic (exact) mass is 235 g/mol. The largest absolute Gasteiger partial charge is 0.348 e. The highest BCUT2D eigenvalue weighted by Crippen LogP contribution is 2.13. The summed E-state index contributed by atoms with van der Waals surface area (Å²) in [7, 11) is 0. The minimum Gasteiger partial charge on any atom is -0.348 e. The lowest BCUT2D eigenvalue weighted by molar-refractivity contribution is 0.349. The van der Waals surface area contributed by atoms with E-state index in [0.717, 1.165) is 30.8 Å². The van der Waals surface area contributed by atoms with Gasteiger partial charge >= 0.3 is 0 Å². The maximum absolute atomic E-state index is 5.98. The molecule has 0 bridgehead atoms. The van der Waals surface area contributed by atoms with E-state index in [1.165, 1.54) is 0 Å². The number of rotatable bonds is 6. The number of hydrogen-bond donors (Lipinski definition) is 2. The van der Waals surface area contributed by atoms with Gasteiger partial charge in [-0.1, -0.05) is 18.5 Å². The molecule has 0 unspecified atom stereocenters. The smallest absolute Gasteiger partial charge is 0.243 e. The predicted molar refractivity (Wildman–Crippen MR) is 62.1 cm³/mol. The van der Waals surface area contributed by atoms with Crippen LogP contribution in [0.15, 0.2) is 17.0 Å². The summed E-state index contributed by atoms with van der Waals surface area (Å²) in [5.41, 5.74) is 6.95. The number of H-pyrrole nitrogens is 1. The highest BCUT2D eigenvalue weighted by atomic mass is 16.5. The molecule has 0 fully saturated rings. The van der Waals surface area contributed by atoms with E-state index < -0.39 is 0 Å². The lowest BCUT2D eigenvalue weighted by atomic mass is 10.2. The molecule has 0 saturated carbocycles. The number of nitrogens with zero attached hydrogens (tertiary/aromatic N) is 3. The molecular formula is C11H17N5O. The van der Waals surface area contributed by atoms with E-state index in [2.05, 4.69) is 27.0 Å². The van der Waals surface area contributed by atoms with Gasteiger partial charge in [0, 0.05) is 24.7 Å². The summed E-state index contributed by atoms with van der Waals surface area (Å²) in [6.45, 7) is 2.13. The summed E-state index contributed by atoms with van der Waals surface area (Å²) in [4.78, 5) is 11.2. The van der Waals surface area contributed by atoms with Crippen molar-refractivity contribution >= 4 is 0 Å². The number of imidazole rings is 1. The molecule has 0 aliphatic carbocycles. The fourth-order valence-corrected chi connectivity index (χ4v) is 1.58. The van der Waals surface area contributed by atoms with Gasteiger partial charge in [-0.2, -0.15) is 4.98 Å². The average molecular weight is 235 g/mol. The zero-order valence-electron chi connectivity index (χ0n) is 9.89. The maximum Gasteiger partial charge on any atom is 0.243 e. The topological polar surface area (TPSA) is 93.6 Å². The lowest BCUT2D eigenvalue weighted by Crippen LogP contribution is -2.14. The van der Waals surface area contributed by atoms with Crippen molar-refractivity contribution in [3.05, 3.63) is 29.9 Å². The molecule has 6 nitrogen and oxygen atoms in total. The summed E-state index contributed by atoms with van der Waals surface area (Å²) >= 11 is 0. The van der Waals surface area contributed by atoms with Crippen LogP contribution in [0.4, 0.5) is 0 Å². The minimum atomic E-state index is -0.279. The molecule has 1 atom stereocenters. The molecule has 0 aliphatic heterocycles. The molecule has 0 spiro atoms. The first-order chi connectivity index (χ1) is 8.29. The standard InChI is InChI=1S/C11H17N5O/c1-2-3-4-10-15-11(17-16-10)9(12)5-8-6-13-7-14-8/h6-7,9H,2-5,12H2,1H3,(H,13,14)/t9-/m0/s1. The van der Waals surface area contributed by atoms with Gasteiger partial charge in [0.1, 0.15) is 0 Å². The molecule has 0 saturated heterocycles. The highest BCUT2D eigenvalue weighted by Gasteiger charge is 2.15. The van der Waals surface area contributed by atoms with Crippen molar-refractivity contribution in [1.82, 2.24) is 20.1 Å². The Kier molecular flexibility index (Phi) is 3.87. The van der Waals surface area contributed by atoms with Crippen LogP contribution < -0.4 is 5.73 Å². The minimum absolute atomic E-state index is 0.279. The van der Waals surface area contributed by atoms with E-state index in [-0.39, 0.29) is 6.04 Å². The Labute approximate surface area is 99.6 Å². The first-order valence-corrected chi connectivity index (χ1v) is 5.85. The summed E-state index contributed by atoms with van der Waals surface area (Å²) in [5.74, 6) is 1.23. The van der Waals surface area contributed by atoms with Crippen LogP contribution in [0.5, 0.6) is 0 Å². The van der Waals surface area contributed by atoms with Crippen molar-refractivity contribution in [2.24, 2.45) is 5.73 Å². The zero-order valence-corrected chi connectivity index (χ0v) is 9.89. The number of nitrogens with one attached hydrogen (secondary N) is 1. The van der Waals surface area contributed by atoms with E-state index in [1.54, 1.807) is 12.5 Å². The Morgan fingerprint density at radius 3 is 3.12 bits per heavy atom. The Balaban J connectivity index is 1.94. The maximum atomic E-state index is 5.98. The number of aromatic nitrogens is 4. The van der Waals surface area contributed by atoms with Crippen molar-refractivity contribution in [2.75, 3.05) is 0 Å². The van der Waals surface area contributed by atoms with Crippen molar-refractivity contribution in [3.8, 4) is 0 Å². The fraction of sp³-hybridized carbons (Fsp3) is 0.545. The van der Waals surface area contributed by atoms with Gasteiger partial charge < -0.3 is 15.2 Å². The van der Waals surface area contributed by atoms with E-state index in [9.17, 15) is 0 Å². The molecule has 17 heavy (non-hydrogen) atoms. The second-order valence-electron chi connectivity index (χ2n) is 4.04. The molecule has 2 rings (SSSR count). The lowest BCUT2D eigenvalue weighted by Gasteiger charge is -2.03. The van der Waals surface area contributed by atoms with E-state index in [4.69, 9.17) is 10.3 Å². The van der Waals surface area contributed by atoms with Crippen LogP contribution in [0.25, 0.3) is 0 Å². The molecule has 0 radical (unpaired) electrons. The Morgan fingerprint density at radius 2 is 2.41 bits per heavy atom. The first-order valence-electron chi connectivity index (χ1n) is 5.85. The number of unbranched alkanes of at least 4 members (excludes halogenated alkanes) is 1. The van der Waals surface area contributed by atoms with Gasteiger partial charge in [-0.05, 0) is 6.42 Å². The van der Waals surface area contributed by atoms with Crippen LogP contribution in [0, 0.1) is 0 Å². The molecule has 0 aliphatic rings. The Hall–Kier alpha value is -1.69. The molecular weight excluding hydrogens is 218 g/mol. The molecule has 0 amide bonds. The summed E-state index contributed by atoms with van der Waals surface area (Å²) in [6.07, 6.45) is 7.02. The molecule has 6 heteroatoms. The fourth-order valence-electron chi connectivity index (χ4n) is 1.58. The third-order valence-corrected chi connectivity index (χ3v) is 2.55. The Bertz CT molecular complexity index is 436. The van der Waals surface area contributed by atoms with Crippen LogP contribution in [-0.4, -0.2) is 20.1 Å². The van der Waals surface area contributed by atoms with Gasteiger partial charge in [0.15, 0.2) is 5.82 Å². The van der Waals surface area contributed by atoms with Gasteiger partial charge in [0.05, 0.1) is 12.4 Å². The normalized spacial score (nSPS) is 12.8. The molecule has 92 valence electrons. The zero-order chi connectivity index (χ0) is 12.1. The van der Waals surface area contributed by atoms with Gasteiger partial charge in [-0.25, -0.2) is 4.98 Å². The van der Waals surface area contributed by atoms with Gasteiger partial charge in [-0.3, -0.25) is 0 Å². The van der Waals surface area contributed by atoms with Crippen LogP contribution in [0.3, 0.4) is 0 Å². The molecule has 2 heterocycles. The van der Waals surface area contributed by atoms with Gasteiger partial charge in [-0.15, -0.1) is 0 Å². The number of hydrogen-bond acceptors (Lipinski definition) is 5. The Morgan fingerprint density at radius 1 is 1.53 bits per heavy atom. The quantitative estimate of drug-likeness (QED) is 0.788. The summed E-state index contributed by atoms with van der Waals surface area (Å²) in [6, 6.07) is -0.279. The second kappa shape index (κ2) is 5.58. The van der Waals surface area contributed by atoms with Crippen LogP contribution in [-0.2, 0) is 12.8 Å². The highest BCUT2D eigenvalue weighted by molar-refractivity contribution is 5.02. The van der Waals surface area contributed by atoms with E-state index >= 15 is 0 Å². The third-order valence-electron chi connectivity index (χ3n) is 2.55. The number of aryl methyl sites for hydroxylation is 1. The van der Waals surface area contributed by atoms with Crippen LogP contribution in [0.2, 0.25) is 0 Å². The van der Waals surface area contributed by atoms with Gasteiger partial charge in [0.2, 0.25) is 5.89 Å². The second-order valence-corrected chi connectivity index (χ2v) is 4.04.